The molecule has 4 rings (SSSR count). The minimum Gasteiger partial charge on any atom is -0.508 e. The summed E-state index contributed by atoms with van der Waals surface area (Å²) in [6.07, 6.45) is 0. The van der Waals surface area contributed by atoms with Crippen molar-refractivity contribution in [3.8, 4) is 21.9 Å². The monoisotopic (exact) mass is 351 g/mol. The van der Waals surface area contributed by atoms with Crippen molar-refractivity contribution in [1.29, 1.82) is 0 Å². The summed E-state index contributed by atoms with van der Waals surface area (Å²) in [4.78, 5) is 16.2. The van der Waals surface area contributed by atoms with Crippen molar-refractivity contribution >= 4 is 17.2 Å². The largest absolute Gasteiger partial charge is 0.508 e. The summed E-state index contributed by atoms with van der Waals surface area (Å²) in [7, 11) is 1.75. The van der Waals surface area contributed by atoms with Gasteiger partial charge in [-0.2, -0.15) is 0 Å². The number of ether oxygens (including phenoxy) is 1. The van der Waals surface area contributed by atoms with Crippen molar-refractivity contribution in [2.75, 3.05) is 7.05 Å². The van der Waals surface area contributed by atoms with Crippen molar-refractivity contribution in [2.45, 2.75) is 13.2 Å². The highest BCUT2D eigenvalue weighted by Gasteiger charge is 2.24. The molecule has 0 spiro atoms. The molecule has 4 nitrogen and oxygen atoms in total. The van der Waals surface area contributed by atoms with Gasteiger partial charge >= 0.3 is 0 Å². The Hall–Kier alpha value is -2.79. The fraction of sp³-hybridized carbons (Fsp3) is 0.150. The average Bonchev–Trinajstić information content (AvgIpc) is 3.07. The molecule has 2 aromatic carbocycles. The lowest BCUT2D eigenvalue weighted by Crippen LogP contribution is -2.25. The number of para-hydroxylation sites is 2. The molecule has 0 saturated heterocycles. The Morgan fingerprint density at radius 1 is 1.20 bits per heavy atom. The normalized spacial score (nSPS) is 12.0. The standard InChI is InChI=1S/C20H17NO3S/c1-21(11-13-6-2-4-8-16(13)22)20(23)18-10-14-12-24-17-9-5-3-7-15(17)19(14)25-18/h2-10,22H,11-12H2,1H3. The molecule has 3 aromatic rings. The fourth-order valence-electron chi connectivity index (χ4n) is 2.96. The molecule has 5 heteroatoms. The van der Waals surface area contributed by atoms with Gasteiger partial charge in [-0.05, 0) is 24.3 Å². The zero-order valence-electron chi connectivity index (χ0n) is 13.7. The zero-order chi connectivity index (χ0) is 17.4. The maximum atomic E-state index is 12.8. The minimum absolute atomic E-state index is 0.0554. The van der Waals surface area contributed by atoms with E-state index in [2.05, 4.69) is 0 Å². The Morgan fingerprint density at radius 2 is 1.96 bits per heavy atom. The van der Waals surface area contributed by atoms with Crippen molar-refractivity contribution in [3.63, 3.8) is 0 Å². The lowest BCUT2D eigenvalue weighted by atomic mass is 10.1. The lowest BCUT2D eigenvalue weighted by Gasteiger charge is -2.17. The topological polar surface area (TPSA) is 49.8 Å². The predicted octanol–water partition coefficient (Wildman–Crippen LogP) is 4.29. The molecule has 1 aliphatic rings. The number of benzene rings is 2. The maximum absolute atomic E-state index is 12.8. The third-order valence-corrected chi connectivity index (χ3v) is 5.48. The molecular weight excluding hydrogens is 334 g/mol. The van der Waals surface area contributed by atoms with Gasteiger partial charge in [-0.25, -0.2) is 0 Å². The lowest BCUT2D eigenvalue weighted by molar-refractivity contribution is 0.0789. The van der Waals surface area contributed by atoms with Gasteiger partial charge in [0.2, 0.25) is 0 Å². The van der Waals surface area contributed by atoms with E-state index < -0.39 is 0 Å². The van der Waals surface area contributed by atoms with E-state index in [1.165, 1.54) is 11.3 Å². The summed E-state index contributed by atoms with van der Waals surface area (Å²) in [6, 6.07) is 16.9. The van der Waals surface area contributed by atoms with E-state index in [1.54, 1.807) is 24.1 Å². The van der Waals surface area contributed by atoms with Crippen molar-refractivity contribution < 1.29 is 14.6 Å². The molecule has 0 saturated carbocycles. The number of rotatable bonds is 3. The van der Waals surface area contributed by atoms with Gasteiger partial charge in [0.05, 0.1) is 4.88 Å². The molecule has 1 N–H and O–H groups in total. The maximum Gasteiger partial charge on any atom is 0.263 e. The summed E-state index contributed by atoms with van der Waals surface area (Å²) in [5, 5.41) is 9.90. The second kappa shape index (κ2) is 6.26. The second-order valence-corrected chi connectivity index (χ2v) is 7.09. The van der Waals surface area contributed by atoms with Gasteiger partial charge < -0.3 is 14.7 Å². The summed E-state index contributed by atoms with van der Waals surface area (Å²) >= 11 is 1.50. The van der Waals surface area contributed by atoms with E-state index in [0.29, 0.717) is 18.0 Å². The molecule has 0 fully saturated rings. The summed E-state index contributed by atoms with van der Waals surface area (Å²) in [5.41, 5.74) is 2.81. The van der Waals surface area contributed by atoms with E-state index in [1.807, 2.05) is 42.5 Å². The molecule has 2 heterocycles. The van der Waals surface area contributed by atoms with Crippen LogP contribution in [-0.4, -0.2) is 23.0 Å². The van der Waals surface area contributed by atoms with E-state index in [9.17, 15) is 9.90 Å². The number of carbonyl (C=O) groups is 1. The molecule has 0 atom stereocenters. The van der Waals surface area contributed by atoms with Gasteiger partial charge in [-0.1, -0.05) is 30.3 Å². The van der Waals surface area contributed by atoms with Crippen molar-refractivity contribution in [2.24, 2.45) is 0 Å². The van der Waals surface area contributed by atoms with Gasteiger partial charge in [-0.15, -0.1) is 11.3 Å². The minimum atomic E-state index is -0.0554. The number of thiophene rings is 1. The van der Waals surface area contributed by atoms with Crippen molar-refractivity contribution in [1.82, 2.24) is 4.90 Å². The van der Waals surface area contributed by atoms with Gasteiger partial charge in [0.1, 0.15) is 18.1 Å². The first-order chi connectivity index (χ1) is 12.1. The van der Waals surface area contributed by atoms with Gasteiger partial charge in [0, 0.05) is 35.2 Å². The van der Waals surface area contributed by atoms with Crippen LogP contribution in [0.3, 0.4) is 0 Å². The van der Waals surface area contributed by atoms with Crippen LogP contribution in [0.5, 0.6) is 11.5 Å². The molecule has 0 aliphatic carbocycles. The summed E-state index contributed by atoms with van der Waals surface area (Å²) in [6.45, 7) is 0.848. The SMILES string of the molecule is CN(Cc1ccccc1O)C(=O)c1cc2c(s1)-c1ccccc1OC2. The van der Waals surface area contributed by atoms with Gasteiger partial charge in [0.15, 0.2) is 0 Å². The molecular formula is C20H17NO3S. The van der Waals surface area contributed by atoms with E-state index in [0.717, 1.165) is 27.3 Å². The zero-order valence-corrected chi connectivity index (χ0v) is 14.5. The number of fused-ring (bicyclic) bond motifs is 3. The highest BCUT2D eigenvalue weighted by atomic mass is 32.1. The number of hydrogen-bond acceptors (Lipinski definition) is 4. The highest BCUT2D eigenvalue weighted by Crippen LogP contribution is 2.42. The average molecular weight is 351 g/mol. The first-order valence-electron chi connectivity index (χ1n) is 8.00. The molecule has 0 unspecified atom stereocenters. The first-order valence-corrected chi connectivity index (χ1v) is 8.82. The third-order valence-electron chi connectivity index (χ3n) is 4.28. The first kappa shape index (κ1) is 15.7. The summed E-state index contributed by atoms with van der Waals surface area (Å²) < 4.78 is 5.76. The number of phenolic OH excluding ortho intramolecular Hbond substituents is 1. The van der Waals surface area contributed by atoms with Crippen LogP contribution in [0.15, 0.2) is 54.6 Å². The molecule has 126 valence electrons. The van der Waals surface area contributed by atoms with Gasteiger partial charge in [0.25, 0.3) is 5.91 Å². The van der Waals surface area contributed by atoms with Crippen LogP contribution >= 0.6 is 11.3 Å². The van der Waals surface area contributed by atoms with Crippen LogP contribution in [0.1, 0.15) is 20.8 Å². The van der Waals surface area contributed by atoms with Crippen LogP contribution in [-0.2, 0) is 13.2 Å². The Kier molecular flexibility index (Phi) is 3.93. The molecule has 1 aromatic heterocycles. The molecule has 0 bridgehead atoms. The third kappa shape index (κ3) is 2.87. The Morgan fingerprint density at radius 3 is 2.80 bits per heavy atom. The Labute approximate surface area is 149 Å². The molecule has 1 amide bonds. The predicted molar refractivity (Wildman–Crippen MR) is 98.0 cm³/mol. The smallest absolute Gasteiger partial charge is 0.263 e. The Bertz CT molecular complexity index is 948. The second-order valence-electron chi connectivity index (χ2n) is 6.04. The molecule has 25 heavy (non-hydrogen) atoms. The number of aromatic hydroxyl groups is 1. The molecule has 1 aliphatic heterocycles. The quantitative estimate of drug-likeness (QED) is 0.766. The molecule has 0 radical (unpaired) electrons. The van der Waals surface area contributed by atoms with Crippen LogP contribution in [0.4, 0.5) is 0 Å². The Balaban J connectivity index is 1.60. The number of nitrogens with zero attached hydrogens (tertiary/aromatic N) is 1. The fourth-order valence-corrected chi connectivity index (χ4v) is 4.16. The van der Waals surface area contributed by atoms with E-state index >= 15 is 0 Å². The van der Waals surface area contributed by atoms with Crippen LogP contribution in [0.25, 0.3) is 10.4 Å². The van der Waals surface area contributed by atoms with Crippen molar-refractivity contribution in [3.05, 3.63) is 70.6 Å². The van der Waals surface area contributed by atoms with Crippen LogP contribution < -0.4 is 4.74 Å². The van der Waals surface area contributed by atoms with Gasteiger partial charge in [-0.3, -0.25) is 4.79 Å². The van der Waals surface area contributed by atoms with Crippen LogP contribution in [0.2, 0.25) is 0 Å². The van der Waals surface area contributed by atoms with E-state index in [-0.39, 0.29) is 11.7 Å². The summed E-state index contributed by atoms with van der Waals surface area (Å²) in [5.74, 6) is 1.01. The number of phenols is 1. The highest BCUT2D eigenvalue weighted by molar-refractivity contribution is 7.17. The number of hydrogen-bond donors (Lipinski definition) is 1. The van der Waals surface area contributed by atoms with E-state index in [4.69, 9.17) is 4.74 Å². The number of amides is 1. The number of carbonyl (C=O) groups excluding carboxylic acids is 1. The van der Waals surface area contributed by atoms with Crippen LogP contribution in [0, 0.1) is 0 Å².